The third-order valence-electron chi connectivity index (χ3n) is 2.78. The van der Waals surface area contributed by atoms with Gasteiger partial charge in [-0.2, -0.15) is 0 Å². The van der Waals surface area contributed by atoms with Crippen molar-refractivity contribution >= 4 is 17.4 Å². The summed E-state index contributed by atoms with van der Waals surface area (Å²) < 4.78 is 11.0. The molecule has 0 amide bonds. The van der Waals surface area contributed by atoms with Crippen molar-refractivity contribution in [2.24, 2.45) is 10.9 Å². The van der Waals surface area contributed by atoms with Crippen molar-refractivity contribution in [3.05, 3.63) is 28.8 Å². The Morgan fingerprint density at radius 1 is 1.61 bits per heavy atom. The van der Waals surface area contributed by atoms with Crippen molar-refractivity contribution in [1.82, 2.24) is 0 Å². The molecule has 1 unspecified atom stereocenters. The Morgan fingerprint density at radius 3 is 3.06 bits per heavy atom. The summed E-state index contributed by atoms with van der Waals surface area (Å²) in [6.45, 7) is 1.32. The third kappa shape index (κ3) is 3.05. The standard InChI is InChI=1S/C12H15ClN2O3/c13-11-6-8(3-4-10(11)12(14)15-16)18-7-9-2-1-5-17-9/h3-4,6,9,16H,1-2,5,7H2,(H2,14,15). The molecule has 1 aliphatic rings. The summed E-state index contributed by atoms with van der Waals surface area (Å²) in [6.07, 6.45) is 2.26. The van der Waals surface area contributed by atoms with Gasteiger partial charge in [-0.15, -0.1) is 0 Å². The molecule has 1 aromatic carbocycles. The molecule has 0 aliphatic carbocycles. The maximum Gasteiger partial charge on any atom is 0.171 e. The van der Waals surface area contributed by atoms with Crippen LogP contribution in [0.5, 0.6) is 5.75 Å². The average molecular weight is 271 g/mol. The summed E-state index contributed by atoms with van der Waals surface area (Å²) in [5, 5.41) is 11.9. The zero-order valence-electron chi connectivity index (χ0n) is 9.80. The van der Waals surface area contributed by atoms with Gasteiger partial charge in [0.1, 0.15) is 12.4 Å². The van der Waals surface area contributed by atoms with Crippen molar-refractivity contribution in [3.8, 4) is 5.75 Å². The summed E-state index contributed by atoms with van der Waals surface area (Å²) in [5.41, 5.74) is 5.95. The second kappa shape index (κ2) is 5.93. The highest BCUT2D eigenvalue weighted by atomic mass is 35.5. The number of hydrogen-bond donors (Lipinski definition) is 2. The first-order chi connectivity index (χ1) is 8.70. The van der Waals surface area contributed by atoms with E-state index in [-0.39, 0.29) is 11.9 Å². The maximum absolute atomic E-state index is 8.59. The molecule has 0 radical (unpaired) electrons. The van der Waals surface area contributed by atoms with E-state index in [2.05, 4.69) is 5.16 Å². The van der Waals surface area contributed by atoms with E-state index >= 15 is 0 Å². The Morgan fingerprint density at radius 2 is 2.44 bits per heavy atom. The quantitative estimate of drug-likeness (QED) is 0.380. The van der Waals surface area contributed by atoms with Crippen LogP contribution in [0.4, 0.5) is 0 Å². The van der Waals surface area contributed by atoms with E-state index in [1.54, 1.807) is 18.2 Å². The summed E-state index contributed by atoms with van der Waals surface area (Å²) in [6, 6.07) is 5.03. The zero-order chi connectivity index (χ0) is 13.0. The Labute approximate surface area is 110 Å². The molecule has 18 heavy (non-hydrogen) atoms. The van der Waals surface area contributed by atoms with Gasteiger partial charge < -0.3 is 20.4 Å². The molecule has 5 nitrogen and oxygen atoms in total. The second-order valence-corrected chi connectivity index (χ2v) is 4.48. The van der Waals surface area contributed by atoms with E-state index < -0.39 is 0 Å². The van der Waals surface area contributed by atoms with Crippen LogP contribution in [0, 0.1) is 0 Å². The van der Waals surface area contributed by atoms with Crippen LogP contribution in [0.2, 0.25) is 5.02 Å². The predicted molar refractivity (Wildman–Crippen MR) is 68.4 cm³/mol. The fourth-order valence-corrected chi connectivity index (χ4v) is 2.08. The third-order valence-corrected chi connectivity index (χ3v) is 3.10. The Balaban J connectivity index is 1.99. The highest BCUT2D eigenvalue weighted by molar-refractivity contribution is 6.34. The lowest BCUT2D eigenvalue weighted by molar-refractivity contribution is 0.0679. The van der Waals surface area contributed by atoms with Crippen LogP contribution < -0.4 is 10.5 Å². The molecule has 98 valence electrons. The number of halogens is 1. The largest absolute Gasteiger partial charge is 0.491 e. The number of nitrogens with zero attached hydrogens (tertiary/aromatic N) is 1. The van der Waals surface area contributed by atoms with Crippen molar-refractivity contribution < 1.29 is 14.7 Å². The van der Waals surface area contributed by atoms with Crippen LogP contribution in [-0.2, 0) is 4.74 Å². The highest BCUT2D eigenvalue weighted by Crippen LogP contribution is 2.23. The minimum absolute atomic E-state index is 0.0225. The SMILES string of the molecule is NC(=NO)c1ccc(OCC2CCCO2)cc1Cl. The number of amidine groups is 1. The number of ether oxygens (including phenoxy) is 2. The molecule has 0 bridgehead atoms. The lowest BCUT2D eigenvalue weighted by atomic mass is 10.2. The van der Waals surface area contributed by atoms with Gasteiger partial charge in [0.2, 0.25) is 0 Å². The van der Waals surface area contributed by atoms with E-state index in [0.717, 1.165) is 19.4 Å². The minimum Gasteiger partial charge on any atom is -0.491 e. The summed E-state index contributed by atoms with van der Waals surface area (Å²) >= 11 is 6.02. The molecule has 3 N–H and O–H groups in total. The molecular weight excluding hydrogens is 256 g/mol. The first kappa shape index (κ1) is 13.0. The van der Waals surface area contributed by atoms with Gasteiger partial charge in [-0.3, -0.25) is 0 Å². The van der Waals surface area contributed by atoms with Gasteiger partial charge in [-0.05, 0) is 31.0 Å². The topological polar surface area (TPSA) is 77.1 Å². The molecular formula is C12H15ClN2O3. The van der Waals surface area contributed by atoms with Gasteiger partial charge in [0.25, 0.3) is 0 Å². The molecule has 0 spiro atoms. The molecule has 1 fully saturated rings. The van der Waals surface area contributed by atoms with E-state index in [1.807, 2.05) is 0 Å². The summed E-state index contributed by atoms with van der Waals surface area (Å²) in [7, 11) is 0. The predicted octanol–water partition coefficient (Wildman–Crippen LogP) is 1.99. The average Bonchev–Trinajstić information content (AvgIpc) is 2.88. The minimum atomic E-state index is -0.0225. The van der Waals surface area contributed by atoms with Crippen molar-refractivity contribution in [1.29, 1.82) is 0 Å². The molecule has 1 atom stereocenters. The van der Waals surface area contributed by atoms with E-state index in [1.165, 1.54) is 0 Å². The molecule has 1 saturated heterocycles. The van der Waals surface area contributed by atoms with Gasteiger partial charge in [0, 0.05) is 12.2 Å². The van der Waals surface area contributed by atoms with Crippen LogP contribution in [0.25, 0.3) is 0 Å². The Hall–Kier alpha value is -1.46. The van der Waals surface area contributed by atoms with Crippen LogP contribution in [0.1, 0.15) is 18.4 Å². The van der Waals surface area contributed by atoms with Crippen LogP contribution in [0.3, 0.4) is 0 Å². The Bertz CT molecular complexity index is 445. The molecule has 2 rings (SSSR count). The molecule has 6 heteroatoms. The lowest BCUT2D eigenvalue weighted by Crippen LogP contribution is -2.17. The number of hydrogen-bond acceptors (Lipinski definition) is 4. The van der Waals surface area contributed by atoms with Gasteiger partial charge in [-0.25, -0.2) is 0 Å². The Kier molecular flexibility index (Phi) is 4.28. The smallest absolute Gasteiger partial charge is 0.171 e. The second-order valence-electron chi connectivity index (χ2n) is 4.07. The molecule has 0 aromatic heterocycles. The van der Waals surface area contributed by atoms with Crippen molar-refractivity contribution in [2.45, 2.75) is 18.9 Å². The number of benzene rings is 1. The van der Waals surface area contributed by atoms with Crippen molar-refractivity contribution in [3.63, 3.8) is 0 Å². The molecule has 1 aliphatic heterocycles. The monoisotopic (exact) mass is 270 g/mol. The first-order valence-electron chi connectivity index (χ1n) is 5.72. The summed E-state index contributed by atoms with van der Waals surface area (Å²) in [4.78, 5) is 0. The molecule has 1 aromatic rings. The molecule has 1 heterocycles. The fourth-order valence-electron chi connectivity index (χ4n) is 1.81. The lowest BCUT2D eigenvalue weighted by Gasteiger charge is -2.12. The van der Waals surface area contributed by atoms with Gasteiger partial charge in [-0.1, -0.05) is 16.8 Å². The van der Waals surface area contributed by atoms with Crippen LogP contribution >= 0.6 is 11.6 Å². The van der Waals surface area contributed by atoms with Gasteiger partial charge >= 0.3 is 0 Å². The van der Waals surface area contributed by atoms with Crippen LogP contribution in [-0.4, -0.2) is 30.4 Å². The van der Waals surface area contributed by atoms with Gasteiger partial charge in [0.05, 0.1) is 11.1 Å². The van der Waals surface area contributed by atoms with Crippen LogP contribution in [0.15, 0.2) is 23.4 Å². The van der Waals surface area contributed by atoms with Gasteiger partial charge in [0.15, 0.2) is 5.84 Å². The van der Waals surface area contributed by atoms with Crippen molar-refractivity contribution in [2.75, 3.05) is 13.2 Å². The van der Waals surface area contributed by atoms with E-state index in [9.17, 15) is 0 Å². The first-order valence-corrected chi connectivity index (χ1v) is 6.10. The normalized spacial score (nSPS) is 20.1. The highest BCUT2D eigenvalue weighted by Gasteiger charge is 2.16. The zero-order valence-corrected chi connectivity index (χ0v) is 10.6. The van der Waals surface area contributed by atoms with E-state index in [0.29, 0.717) is 22.9 Å². The number of oxime groups is 1. The summed E-state index contributed by atoms with van der Waals surface area (Å²) in [5.74, 6) is 0.621. The van der Waals surface area contributed by atoms with E-state index in [4.69, 9.17) is 32.0 Å². The molecule has 0 saturated carbocycles. The maximum atomic E-state index is 8.59. The number of nitrogens with two attached hydrogens (primary N) is 1. The fraction of sp³-hybridized carbons (Fsp3) is 0.417. The number of rotatable bonds is 4.